The second-order valence-electron chi connectivity index (χ2n) is 8.58. The van der Waals surface area contributed by atoms with Gasteiger partial charge >= 0.3 is 0 Å². The number of amides is 1. The fourth-order valence-corrected chi connectivity index (χ4v) is 4.48. The number of hydrogen-bond acceptors (Lipinski definition) is 5. The molecule has 0 N–H and O–H groups in total. The molecule has 0 saturated carbocycles. The molecule has 0 atom stereocenters. The Hall–Kier alpha value is -2.54. The zero-order valence-electron chi connectivity index (χ0n) is 19.9. The number of carbonyl (C=O) groups excluding carboxylic acids is 1. The predicted molar refractivity (Wildman–Crippen MR) is 130 cm³/mol. The SMILES string of the molecule is CCOCON1C(=O)C(c2c(C)cc(C)cc2C)=C(OC(=S)c2ccccc2C)C1(C)C. The number of benzene rings is 2. The minimum absolute atomic E-state index is 0.0274. The van der Waals surface area contributed by atoms with Gasteiger partial charge in [0.25, 0.3) is 5.91 Å². The zero-order valence-corrected chi connectivity index (χ0v) is 20.7. The van der Waals surface area contributed by atoms with Gasteiger partial charge in [-0.25, -0.2) is 9.90 Å². The number of ether oxygens (including phenoxy) is 2. The Morgan fingerprint density at radius 2 is 1.66 bits per heavy atom. The third-order valence-corrected chi connectivity index (χ3v) is 5.95. The molecule has 0 aromatic heterocycles. The van der Waals surface area contributed by atoms with E-state index in [1.807, 2.05) is 72.7 Å². The van der Waals surface area contributed by atoms with Crippen LogP contribution >= 0.6 is 12.2 Å². The van der Waals surface area contributed by atoms with Crippen molar-refractivity contribution in [2.45, 2.75) is 54.0 Å². The van der Waals surface area contributed by atoms with Crippen molar-refractivity contribution in [3.8, 4) is 0 Å². The first-order valence-corrected chi connectivity index (χ1v) is 11.2. The fraction of sp³-hybridized carbons (Fsp3) is 0.385. The van der Waals surface area contributed by atoms with Gasteiger partial charge in [-0.15, -0.1) is 0 Å². The molecule has 1 aliphatic rings. The monoisotopic (exact) mass is 453 g/mol. The molecule has 5 nitrogen and oxygen atoms in total. The van der Waals surface area contributed by atoms with Crippen molar-refractivity contribution in [2.24, 2.45) is 0 Å². The summed E-state index contributed by atoms with van der Waals surface area (Å²) in [5, 5.41) is 1.66. The van der Waals surface area contributed by atoms with Crippen LogP contribution < -0.4 is 0 Å². The highest BCUT2D eigenvalue weighted by Crippen LogP contribution is 2.43. The second-order valence-corrected chi connectivity index (χ2v) is 8.95. The minimum Gasteiger partial charge on any atom is -0.446 e. The quantitative estimate of drug-likeness (QED) is 0.312. The standard InChI is InChI=1S/C26H31NO4S/c1-8-29-15-30-27-24(28)22(21-18(4)13-16(2)14-19(21)5)23(26(27,6)7)31-25(32)20-12-10-9-11-17(20)3/h9-14H,8,15H2,1-7H3. The van der Waals surface area contributed by atoms with Crippen LogP contribution in [-0.2, 0) is 19.1 Å². The van der Waals surface area contributed by atoms with E-state index in [1.165, 1.54) is 5.06 Å². The summed E-state index contributed by atoms with van der Waals surface area (Å²) in [7, 11) is 0. The first kappa shape index (κ1) is 24.1. The Balaban J connectivity index is 2.14. The molecule has 0 unspecified atom stereocenters. The molecule has 1 amide bonds. The average molecular weight is 454 g/mol. The molecule has 3 rings (SSSR count). The summed E-state index contributed by atoms with van der Waals surface area (Å²) in [4.78, 5) is 19.4. The smallest absolute Gasteiger partial charge is 0.282 e. The maximum absolute atomic E-state index is 13.7. The number of hydrogen-bond donors (Lipinski definition) is 0. The van der Waals surface area contributed by atoms with E-state index in [1.54, 1.807) is 0 Å². The van der Waals surface area contributed by atoms with Crippen LogP contribution in [-0.4, -0.2) is 35.0 Å². The highest BCUT2D eigenvalue weighted by Gasteiger charge is 2.50. The molecule has 32 heavy (non-hydrogen) atoms. The van der Waals surface area contributed by atoms with Crippen molar-refractivity contribution in [3.63, 3.8) is 0 Å². The summed E-state index contributed by atoms with van der Waals surface area (Å²) in [6.07, 6.45) is 0. The maximum atomic E-state index is 13.7. The van der Waals surface area contributed by atoms with Crippen LogP contribution in [0, 0.1) is 27.7 Å². The van der Waals surface area contributed by atoms with Crippen molar-refractivity contribution < 1.29 is 19.1 Å². The number of hydroxylamine groups is 2. The number of nitrogens with zero attached hydrogens (tertiary/aromatic N) is 1. The highest BCUT2D eigenvalue weighted by atomic mass is 32.1. The summed E-state index contributed by atoms with van der Waals surface area (Å²) in [5.74, 6) is 0.203. The van der Waals surface area contributed by atoms with Crippen LogP contribution in [0.2, 0.25) is 0 Å². The molecule has 6 heteroatoms. The Bertz CT molecular complexity index is 1060. The summed E-state index contributed by atoms with van der Waals surface area (Å²) in [6.45, 7) is 14.1. The van der Waals surface area contributed by atoms with Crippen LogP contribution in [0.5, 0.6) is 0 Å². The third-order valence-electron chi connectivity index (χ3n) is 5.64. The molecular formula is C26H31NO4S. The Kier molecular flexibility index (Phi) is 7.18. The first-order chi connectivity index (χ1) is 15.1. The molecule has 170 valence electrons. The topological polar surface area (TPSA) is 48.0 Å². The van der Waals surface area contributed by atoms with Crippen molar-refractivity contribution in [1.82, 2.24) is 5.06 Å². The van der Waals surface area contributed by atoms with Gasteiger partial charge in [0, 0.05) is 12.2 Å². The lowest BCUT2D eigenvalue weighted by atomic mass is 9.91. The van der Waals surface area contributed by atoms with Gasteiger partial charge in [0.05, 0.1) is 5.57 Å². The lowest BCUT2D eigenvalue weighted by Gasteiger charge is -2.32. The molecular weight excluding hydrogens is 422 g/mol. The van der Waals surface area contributed by atoms with Crippen LogP contribution in [0.1, 0.15) is 54.2 Å². The number of carbonyl (C=O) groups is 1. The number of thiocarbonyl (C=S) groups is 1. The Morgan fingerprint density at radius 1 is 1.03 bits per heavy atom. The van der Waals surface area contributed by atoms with Gasteiger partial charge in [0.15, 0.2) is 11.8 Å². The van der Waals surface area contributed by atoms with Crippen LogP contribution in [0.15, 0.2) is 42.2 Å². The minimum atomic E-state index is -0.889. The normalized spacial score (nSPS) is 15.5. The molecule has 0 spiro atoms. The van der Waals surface area contributed by atoms with Gasteiger partial charge in [-0.1, -0.05) is 42.0 Å². The van der Waals surface area contributed by atoms with Gasteiger partial charge < -0.3 is 9.47 Å². The Labute approximate surface area is 195 Å². The molecule has 1 heterocycles. The van der Waals surface area contributed by atoms with E-state index in [9.17, 15) is 4.79 Å². The third kappa shape index (κ3) is 4.49. The first-order valence-electron chi connectivity index (χ1n) is 10.8. The van der Waals surface area contributed by atoms with Gasteiger partial charge in [-0.05, 0) is 82.9 Å². The van der Waals surface area contributed by atoms with Gasteiger partial charge in [-0.2, -0.15) is 0 Å². The largest absolute Gasteiger partial charge is 0.446 e. The van der Waals surface area contributed by atoms with Crippen LogP contribution in [0.4, 0.5) is 0 Å². The fourth-order valence-electron chi connectivity index (χ4n) is 4.16. The molecule has 0 aliphatic carbocycles. The zero-order chi connectivity index (χ0) is 23.6. The van der Waals surface area contributed by atoms with E-state index >= 15 is 0 Å². The van der Waals surface area contributed by atoms with E-state index in [-0.39, 0.29) is 12.7 Å². The van der Waals surface area contributed by atoms with Crippen molar-refractivity contribution >= 4 is 28.7 Å². The van der Waals surface area contributed by atoms with Gasteiger partial charge in [0.2, 0.25) is 0 Å². The molecule has 0 fully saturated rings. The number of rotatable bonds is 7. The van der Waals surface area contributed by atoms with E-state index < -0.39 is 5.54 Å². The van der Waals surface area contributed by atoms with Crippen molar-refractivity contribution in [2.75, 3.05) is 13.4 Å². The van der Waals surface area contributed by atoms with Crippen LogP contribution in [0.25, 0.3) is 5.57 Å². The van der Waals surface area contributed by atoms with Crippen molar-refractivity contribution in [3.05, 3.63) is 75.5 Å². The lowest BCUT2D eigenvalue weighted by molar-refractivity contribution is -0.242. The molecule has 0 radical (unpaired) electrons. The van der Waals surface area contributed by atoms with Gasteiger partial charge in [-0.3, -0.25) is 4.79 Å². The summed E-state index contributed by atoms with van der Waals surface area (Å²) in [6, 6.07) is 11.9. The lowest BCUT2D eigenvalue weighted by Crippen LogP contribution is -2.44. The molecule has 0 saturated heterocycles. The summed E-state index contributed by atoms with van der Waals surface area (Å²) < 4.78 is 11.7. The van der Waals surface area contributed by atoms with E-state index in [0.29, 0.717) is 23.0 Å². The molecule has 1 aliphatic heterocycles. The number of aryl methyl sites for hydroxylation is 4. The van der Waals surface area contributed by atoms with E-state index in [4.69, 9.17) is 26.5 Å². The molecule has 0 bridgehead atoms. The highest BCUT2D eigenvalue weighted by molar-refractivity contribution is 7.80. The van der Waals surface area contributed by atoms with E-state index in [0.717, 1.165) is 33.4 Å². The van der Waals surface area contributed by atoms with E-state index in [2.05, 4.69) is 12.1 Å². The van der Waals surface area contributed by atoms with Crippen molar-refractivity contribution in [1.29, 1.82) is 0 Å². The summed E-state index contributed by atoms with van der Waals surface area (Å²) in [5.41, 5.74) is 5.39. The predicted octanol–water partition coefficient (Wildman–Crippen LogP) is 5.57. The Morgan fingerprint density at radius 3 is 2.25 bits per heavy atom. The van der Waals surface area contributed by atoms with Crippen LogP contribution in [0.3, 0.4) is 0 Å². The molecule has 2 aromatic rings. The van der Waals surface area contributed by atoms with Gasteiger partial charge in [0.1, 0.15) is 11.3 Å². The molecule has 2 aromatic carbocycles. The average Bonchev–Trinajstić information content (AvgIpc) is 2.88. The second kappa shape index (κ2) is 9.53. The maximum Gasteiger partial charge on any atom is 0.282 e. The summed E-state index contributed by atoms with van der Waals surface area (Å²) >= 11 is 5.67.